The van der Waals surface area contributed by atoms with Gasteiger partial charge in [0.2, 0.25) is 0 Å². The Kier molecular flexibility index (Phi) is 0.829. The average Bonchev–Trinajstić information content (AvgIpc) is 1.63. The molecule has 0 radical (unpaired) electrons. The highest BCUT2D eigenvalue weighted by Gasteiger charge is 2.45. The molecule has 1 atom stereocenters. The lowest BCUT2D eigenvalue weighted by Crippen LogP contribution is -2.54. The highest BCUT2D eigenvalue weighted by molar-refractivity contribution is 4.63. The summed E-state index contributed by atoms with van der Waals surface area (Å²) in [5.74, 6) is -2.04. The molecule has 1 saturated heterocycles. The first-order valence-corrected chi connectivity index (χ1v) is 1.92. The second-order valence-electron chi connectivity index (χ2n) is 1.48. The van der Waals surface area contributed by atoms with E-state index in [9.17, 15) is 0 Å². The molecule has 1 aliphatic rings. The van der Waals surface area contributed by atoms with Gasteiger partial charge in [-0.3, -0.25) is 0 Å². The summed E-state index contributed by atoms with van der Waals surface area (Å²) in [5, 5.41) is 16.8. The topological polar surface area (TPSA) is 58.9 Å². The lowest BCUT2D eigenvalue weighted by atomic mass is 10.3. The van der Waals surface area contributed by atoms with Gasteiger partial charge in [-0.05, 0) is 6.92 Å². The van der Waals surface area contributed by atoms with Crippen molar-refractivity contribution >= 4 is 0 Å². The number of hydrogen-bond acceptors (Lipinski definition) is 4. The van der Waals surface area contributed by atoms with Crippen LogP contribution in [-0.4, -0.2) is 22.3 Å². The van der Waals surface area contributed by atoms with Gasteiger partial charge in [0.25, 0.3) is 0 Å². The van der Waals surface area contributed by atoms with Gasteiger partial charge in [0.05, 0.1) is 0 Å². The molecule has 1 rings (SSSR count). The minimum Gasteiger partial charge on any atom is -0.339 e. The van der Waals surface area contributed by atoms with Crippen molar-refractivity contribution in [3.63, 3.8) is 0 Å². The molecule has 0 amide bonds. The Hall–Kier alpha value is -0.160. The van der Waals surface area contributed by atoms with Gasteiger partial charge in [0, 0.05) is 0 Å². The number of rotatable bonds is 0. The predicted octanol–water partition coefficient (Wildman–Crippen LogP) is -1.02. The monoisotopic (exact) mass is 106 g/mol. The molecular formula is C3H6O4. The summed E-state index contributed by atoms with van der Waals surface area (Å²) in [4.78, 5) is 7.99. The summed E-state index contributed by atoms with van der Waals surface area (Å²) in [6.45, 7) is 1.49. The summed E-state index contributed by atoms with van der Waals surface area (Å²) in [6.07, 6.45) is -0.632. The molecule has 1 unspecified atom stereocenters. The maximum absolute atomic E-state index is 8.39. The van der Waals surface area contributed by atoms with Crippen LogP contribution < -0.4 is 0 Å². The summed E-state index contributed by atoms with van der Waals surface area (Å²) in [7, 11) is 0. The Balaban J connectivity index is 2.43. The standard InChI is InChI=1S/C3H6O4/c1-2-3(4,5)7-6-2/h2,4-5H,1H3. The van der Waals surface area contributed by atoms with E-state index in [0.29, 0.717) is 0 Å². The lowest BCUT2D eigenvalue weighted by molar-refractivity contribution is -0.622. The molecule has 7 heavy (non-hydrogen) atoms. The second-order valence-corrected chi connectivity index (χ2v) is 1.48. The van der Waals surface area contributed by atoms with Gasteiger partial charge in [-0.15, -0.1) is 0 Å². The summed E-state index contributed by atoms with van der Waals surface area (Å²) >= 11 is 0. The van der Waals surface area contributed by atoms with Gasteiger partial charge >= 0.3 is 5.97 Å². The Morgan fingerprint density at radius 2 is 2.00 bits per heavy atom. The van der Waals surface area contributed by atoms with E-state index < -0.39 is 12.1 Å². The summed E-state index contributed by atoms with van der Waals surface area (Å²) in [5.41, 5.74) is 0. The summed E-state index contributed by atoms with van der Waals surface area (Å²) < 4.78 is 0. The molecular weight excluding hydrogens is 100 g/mol. The van der Waals surface area contributed by atoms with Crippen LogP contribution in [0.1, 0.15) is 6.92 Å². The zero-order valence-corrected chi connectivity index (χ0v) is 3.79. The first-order chi connectivity index (χ1) is 3.13. The van der Waals surface area contributed by atoms with E-state index in [1.807, 2.05) is 0 Å². The fraction of sp³-hybridized carbons (Fsp3) is 1.00. The SMILES string of the molecule is CC1OOC1(O)O. The van der Waals surface area contributed by atoms with Crippen LogP contribution in [0, 0.1) is 0 Å². The van der Waals surface area contributed by atoms with Crippen molar-refractivity contribution in [2.45, 2.75) is 19.0 Å². The highest BCUT2D eigenvalue weighted by atomic mass is 17.3. The van der Waals surface area contributed by atoms with Gasteiger partial charge in [0.15, 0.2) is 6.10 Å². The molecule has 0 spiro atoms. The van der Waals surface area contributed by atoms with E-state index in [-0.39, 0.29) is 0 Å². The third-order valence-corrected chi connectivity index (χ3v) is 0.845. The first kappa shape index (κ1) is 4.99. The zero-order chi connectivity index (χ0) is 5.49. The van der Waals surface area contributed by atoms with Crippen molar-refractivity contribution in [2.75, 3.05) is 0 Å². The van der Waals surface area contributed by atoms with Crippen LogP contribution in [0.4, 0.5) is 0 Å². The van der Waals surface area contributed by atoms with Crippen LogP contribution in [0.2, 0.25) is 0 Å². The fourth-order valence-electron chi connectivity index (χ4n) is 0.230. The molecule has 4 nitrogen and oxygen atoms in total. The van der Waals surface area contributed by atoms with Gasteiger partial charge < -0.3 is 10.2 Å². The maximum Gasteiger partial charge on any atom is 0.337 e. The van der Waals surface area contributed by atoms with E-state index in [1.165, 1.54) is 6.92 Å². The molecule has 1 aliphatic heterocycles. The molecule has 1 heterocycles. The number of aliphatic hydroxyl groups is 2. The molecule has 1 fully saturated rings. The maximum atomic E-state index is 8.39. The van der Waals surface area contributed by atoms with Crippen molar-refractivity contribution in [2.24, 2.45) is 0 Å². The van der Waals surface area contributed by atoms with Crippen molar-refractivity contribution in [1.82, 2.24) is 0 Å². The molecule has 0 aromatic rings. The largest absolute Gasteiger partial charge is 0.339 e. The van der Waals surface area contributed by atoms with Crippen LogP contribution in [0.25, 0.3) is 0 Å². The smallest absolute Gasteiger partial charge is 0.337 e. The van der Waals surface area contributed by atoms with Crippen LogP contribution in [0.3, 0.4) is 0 Å². The van der Waals surface area contributed by atoms with E-state index in [4.69, 9.17) is 10.2 Å². The third kappa shape index (κ3) is 0.614. The Labute approximate surface area is 40.2 Å². The predicted molar refractivity (Wildman–Crippen MR) is 18.8 cm³/mol. The molecule has 0 aromatic heterocycles. The molecule has 2 N–H and O–H groups in total. The van der Waals surface area contributed by atoms with Crippen LogP contribution in [0.15, 0.2) is 0 Å². The highest BCUT2D eigenvalue weighted by Crippen LogP contribution is 2.22. The number of hydrogen-bond donors (Lipinski definition) is 2. The molecule has 0 aromatic carbocycles. The first-order valence-electron chi connectivity index (χ1n) is 1.92. The van der Waals surface area contributed by atoms with Gasteiger partial charge in [-0.1, -0.05) is 0 Å². The van der Waals surface area contributed by atoms with E-state index in [1.54, 1.807) is 0 Å². The fourth-order valence-corrected chi connectivity index (χ4v) is 0.230. The average molecular weight is 106 g/mol. The van der Waals surface area contributed by atoms with Crippen LogP contribution >= 0.6 is 0 Å². The van der Waals surface area contributed by atoms with Gasteiger partial charge in [-0.25, -0.2) is 4.89 Å². The van der Waals surface area contributed by atoms with Gasteiger partial charge in [0.1, 0.15) is 0 Å². The van der Waals surface area contributed by atoms with Crippen molar-refractivity contribution in [1.29, 1.82) is 0 Å². The van der Waals surface area contributed by atoms with Crippen molar-refractivity contribution in [3.05, 3.63) is 0 Å². The lowest BCUT2D eigenvalue weighted by Gasteiger charge is -2.34. The Morgan fingerprint density at radius 1 is 1.57 bits per heavy atom. The molecule has 4 heteroatoms. The molecule has 42 valence electrons. The van der Waals surface area contributed by atoms with Crippen molar-refractivity contribution in [3.8, 4) is 0 Å². The van der Waals surface area contributed by atoms with E-state index in [0.717, 1.165) is 0 Å². The molecule has 0 saturated carbocycles. The van der Waals surface area contributed by atoms with Crippen molar-refractivity contribution < 1.29 is 20.0 Å². The zero-order valence-electron chi connectivity index (χ0n) is 3.79. The quantitative estimate of drug-likeness (QED) is 0.306. The minimum absolute atomic E-state index is 0.632. The molecule has 0 bridgehead atoms. The molecule has 0 aliphatic carbocycles. The summed E-state index contributed by atoms with van der Waals surface area (Å²) in [6, 6.07) is 0. The minimum atomic E-state index is -2.04. The van der Waals surface area contributed by atoms with Crippen LogP contribution in [-0.2, 0) is 9.78 Å². The van der Waals surface area contributed by atoms with Crippen LogP contribution in [0.5, 0.6) is 0 Å². The third-order valence-electron chi connectivity index (χ3n) is 0.845. The van der Waals surface area contributed by atoms with Gasteiger partial charge in [-0.2, -0.15) is 4.89 Å². The Morgan fingerprint density at radius 3 is 2.00 bits per heavy atom. The van der Waals surface area contributed by atoms with E-state index >= 15 is 0 Å². The normalized spacial score (nSPS) is 37.3. The second kappa shape index (κ2) is 1.16. The Bertz CT molecular complexity index is 79.0. The van der Waals surface area contributed by atoms with E-state index in [2.05, 4.69) is 9.78 Å².